The van der Waals surface area contributed by atoms with Crippen molar-refractivity contribution in [2.24, 2.45) is 5.73 Å². The van der Waals surface area contributed by atoms with Gasteiger partial charge in [-0.3, -0.25) is 4.98 Å². The normalized spacial score (nSPS) is 12.1. The first-order valence-electron chi connectivity index (χ1n) is 4.80. The molecule has 0 aromatic carbocycles. The summed E-state index contributed by atoms with van der Waals surface area (Å²) in [5, 5.41) is 14.8. The fourth-order valence-electron chi connectivity index (χ4n) is 0.842. The van der Waals surface area contributed by atoms with E-state index in [0.29, 0.717) is 5.56 Å². The predicted molar refractivity (Wildman–Crippen MR) is 57.1 cm³/mol. The molecule has 9 heteroatoms. The van der Waals surface area contributed by atoms with Crippen LogP contribution in [0.5, 0.6) is 0 Å². The summed E-state index contributed by atoms with van der Waals surface area (Å²) in [6.07, 6.45) is -3.23. The molecule has 0 radical (unpaired) electrons. The maximum absolute atomic E-state index is 12.0. The zero-order valence-electron chi connectivity index (χ0n) is 9.68. The van der Waals surface area contributed by atoms with Gasteiger partial charge in [-0.1, -0.05) is 6.07 Å². The molecule has 1 aromatic rings. The lowest BCUT2D eigenvalue weighted by molar-refractivity contribution is -0.159. The van der Waals surface area contributed by atoms with Crippen LogP contribution in [0.2, 0.25) is 0 Å². The van der Waals surface area contributed by atoms with Crippen molar-refractivity contribution in [1.29, 1.82) is 0 Å². The number of nitrogens with two attached hydrogens (primary N) is 1. The maximum Gasteiger partial charge on any atom is 0.433 e. The number of rotatable bonds is 1. The van der Waals surface area contributed by atoms with Crippen LogP contribution >= 0.6 is 0 Å². The Bertz CT molecular complexity index is 431. The van der Waals surface area contributed by atoms with E-state index in [9.17, 15) is 13.2 Å². The third-order valence-corrected chi connectivity index (χ3v) is 1.79. The van der Waals surface area contributed by atoms with Crippen molar-refractivity contribution in [3.63, 3.8) is 0 Å². The van der Waals surface area contributed by atoms with Crippen LogP contribution in [0.1, 0.15) is 24.2 Å². The number of hydrogen-bond acceptors (Lipinski definition) is 4. The zero-order chi connectivity index (χ0) is 15.2. The second-order valence-electron chi connectivity index (χ2n) is 3.37. The van der Waals surface area contributed by atoms with Crippen LogP contribution < -0.4 is 5.73 Å². The highest BCUT2D eigenvalue weighted by Crippen LogP contribution is 2.27. The molecular weight excluding hydrogens is 269 g/mol. The molecule has 0 fully saturated rings. The summed E-state index contributed by atoms with van der Waals surface area (Å²) in [5.74, 6) is -3.65. The molecule has 0 aliphatic carbocycles. The molecule has 0 saturated carbocycles. The van der Waals surface area contributed by atoms with Gasteiger partial charge in [-0.05, 0) is 18.6 Å². The van der Waals surface area contributed by atoms with Crippen LogP contribution in [-0.2, 0) is 15.8 Å². The van der Waals surface area contributed by atoms with Crippen LogP contribution in [0, 0.1) is 0 Å². The van der Waals surface area contributed by atoms with Crippen LogP contribution in [0.15, 0.2) is 18.3 Å². The number of halogens is 3. The number of aliphatic carboxylic acids is 2. The smallest absolute Gasteiger partial charge is 0.433 e. The van der Waals surface area contributed by atoms with E-state index in [0.717, 1.165) is 12.3 Å². The Kier molecular flexibility index (Phi) is 5.93. The van der Waals surface area contributed by atoms with Gasteiger partial charge in [0, 0.05) is 12.2 Å². The molecule has 19 heavy (non-hydrogen) atoms. The SMILES string of the molecule is CC(N)c1ccc(C(F)(F)F)nc1.O=C(O)C(=O)O. The van der Waals surface area contributed by atoms with E-state index >= 15 is 0 Å². The number of carboxylic acid groups (broad SMARTS) is 2. The molecule has 106 valence electrons. The Hall–Kier alpha value is -2.16. The fraction of sp³-hybridized carbons (Fsp3) is 0.300. The number of hydrogen-bond donors (Lipinski definition) is 3. The van der Waals surface area contributed by atoms with Crippen LogP contribution in [0.3, 0.4) is 0 Å². The predicted octanol–water partition coefficient (Wildman–Crippen LogP) is 1.28. The quantitative estimate of drug-likeness (QED) is 0.668. The van der Waals surface area contributed by atoms with Crippen molar-refractivity contribution < 1.29 is 33.0 Å². The van der Waals surface area contributed by atoms with Gasteiger partial charge < -0.3 is 15.9 Å². The van der Waals surface area contributed by atoms with Gasteiger partial charge in [0.05, 0.1) is 0 Å². The largest absolute Gasteiger partial charge is 0.473 e. The average molecular weight is 280 g/mol. The molecule has 0 saturated heterocycles. The highest BCUT2D eigenvalue weighted by molar-refractivity contribution is 6.27. The number of aromatic nitrogens is 1. The summed E-state index contributed by atoms with van der Waals surface area (Å²) in [6, 6.07) is 1.97. The topological polar surface area (TPSA) is 114 Å². The van der Waals surface area contributed by atoms with Crippen molar-refractivity contribution in [3.05, 3.63) is 29.6 Å². The van der Waals surface area contributed by atoms with E-state index in [1.54, 1.807) is 6.92 Å². The number of carboxylic acids is 2. The summed E-state index contributed by atoms with van der Waals surface area (Å²) < 4.78 is 36.1. The molecule has 0 bridgehead atoms. The minimum atomic E-state index is -4.38. The molecule has 1 heterocycles. The summed E-state index contributed by atoms with van der Waals surface area (Å²) >= 11 is 0. The second kappa shape index (κ2) is 6.69. The number of pyridine rings is 1. The van der Waals surface area contributed by atoms with E-state index in [2.05, 4.69) is 4.98 Å². The van der Waals surface area contributed by atoms with Gasteiger partial charge in [-0.25, -0.2) is 9.59 Å². The number of carbonyl (C=O) groups is 2. The third kappa shape index (κ3) is 6.36. The average Bonchev–Trinajstić information content (AvgIpc) is 2.28. The van der Waals surface area contributed by atoms with E-state index in [-0.39, 0.29) is 6.04 Å². The van der Waals surface area contributed by atoms with Crippen molar-refractivity contribution in [2.75, 3.05) is 0 Å². The molecular formula is C10H11F3N2O4. The zero-order valence-corrected chi connectivity index (χ0v) is 9.68. The van der Waals surface area contributed by atoms with Crippen LogP contribution in [0.25, 0.3) is 0 Å². The Morgan fingerprint density at radius 2 is 1.74 bits per heavy atom. The van der Waals surface area contributed by atoms with Gasteiger partial charge in [-0.2, -0.15) is 13.2 Å². The first kappa shape index (κ1) is 16.8. The monoisotopic (exact) mass is 280 g/mol. The number of alkyl halides is 3. The first-order valence-corrected chi connectivity index (χ1v) is 4.80. The van der Waals surface area contributed by atoms with Crippen LogP contribution in [0.4, 0.5) is 13.2 Å². The Balaban J connectivity index is 0.000000459. The molecule has 1 unspecified atom stereocenters. The van der Waals surface area contributed by atoms with Gasteiger partial charge in [0.2, 0.25) is 0 Å². The molecule has 1 atom stereocenters. The summed E-state index contributed by atoms with van der Waals surface area (Å²) in [6.45, 7) is 1.68. The summed E-state index contributed by atoms with van der Waals surface area (Å²) in [5.41, 5.74) is 5.15. The molecule has 1 rings (SSSR count). The summed E-state index contributed by atoms with van der Waals surface area (Å²) in [7, 11) is 0. The highest BCUT2D eigenvalue weighted by atomic mass is 19.4. The Labute approximate surface area is 105 Å². The van der Waals surface area contributed by atoms with Crippen molar-refractivity contribution in [1.82, 2.24) is 4.98 Å². The second-order valence-corrected chi connectivity index (χ2v) is 3.37. The van der Waals surface area contributed by atoms with Crippen LogP contribution in [-0.4, -0.2) is 27.1 Å². The van der Waals surface area contributed by atoms with Crippen molar-refractivity contribution in [3.8, 4) is 0 Å². The molecule has 0 amide bonds. The lowest BCUT2D eigenvalue weighted by Crippen LogP contribution is -2.10. The third-order valence-electron chi connectivity index (χ3n) is 1.79. The molecule has 0 spiro atoms. The molecule has 4 N–H and O–H groups in total. The van der Waals surface area contributed by atoms with E-state index < -0.39 is 23.8 Å². The maximum atomic E-state index is 12.0. The number of nitrogens with zero attached hydrogens (tertiary/aromatic N) is 1. The van der Waals surface area contributed by atoms with Gasteiger partial charge in [0.15, 0.2) is 0 Å². The van der Waals surface area contributed by atoms with Gasteiger partial charge >= 0.3 is 18.1 Å². The van der Waals surface area contributed by atoms with Crippen molar-refractivity contribution in [2.45, 2.75) is 19.1 Å². The first-order chi connectivity index (χ1) is 8.55. The molecule has 0 aliphatic heterocycles. The standard InChI is InChI=1S/C8H9F3N2.C2H2O4/c1-5(12)6-2-3-7(13-4-6)8(9,10)11;3-1(4)2(5)6/h2-5H,12H2,1H3;(H,3,4)(H,5,6). The Morgan fingerprint density at radius 1 is 1.26 bits per heavy atom. The molecule has 6 nitrogen and oxygen atoms in total. The summed E-state index contributed by atoms with van der Waals surface area (Å²) in [4.78, 5) is 21.5. The van der Waals surface area contributed by atoms with Gasteiger partial charge in [-0.15, -0.1) is 0 Å². The van der Waals surface area contributed by atoms with Crippen molar-refractivity contribution >= 4 is 11.9 Å². The van der Waals surface area contributed by atoms with E-state index in [1.807, 2.05) is 0 Å². The minimum Gasteiger partial charge on any atom is -0.473 e. The van der Waals surface area contributed by atoms with E-state index in [4.69, 9.17) is 25.5 Å². The lowest BCUT2D eigenvalue weighted by atomic mass is 10.1. The van der Waals surface area contributed by atoms with Gasteiger partial charge in [0.1, 0.15) is 5.69 Å². The minimum absolute atomic E-state index is 0.296. The lowest BCUT2D eigenvalue weighted by Gasteiger charge is -2.08. The Morgan fingerprint density at radius 3 is 1.95 bits per heavy atom. The van der Waals surface area contributed by atoms with E-state index in [1.165, 1.54) is 6.07 Å². The molecule has 0 aliphatic rings. The fourth-order valence-corrected chi connectivity index (χ4v) is 0.842. The highest BCUT2D eigenvalue weighted by Gasteiger charge is 2.32. The molecule has 1 aromatic heterocycles. The van der Waals surface area contributed by atoms with Gasteiger partial charge in [0.25, 0.3) is 0 Å².